The van der Waals surface area contributed by atoms with E-state index in [-0.39, 0.29) is 22.8 Å². The summed E-state index contributed by atoms with van der Waals surface area (Å²) in [5.41, 5.74) is 4.53. The summed E-state index contributed by atoms with van der Waals surface area (Å²) in [5.74, 6) is -0.356. The average Bonchev–Trinajstić information content (AvgIpc) is 2.77. The number of aryl methyl sites for hydroxylation is 1. The van der Waals surface area contributed by atoms with Crippen LogP contribution in [0.2, 0.25) is 0 Å². The Morgan fingerprint density at radius 3 is 2.39 bits per heavy atom. The van der Waals surface area contributed by atoms with Crippen LogP contribution >= 0.6 is 0 Å². The molecule has 31 heavy (non-hydrogen) atoms. The molecular formula is C23H23N3O5. The first-order valence-electron chi connectivity index (χ1n) is 9.46. The number of nitrogens with one attached hydrogen (secondary N) is 1. The van der Waals surface area contributed by atoms with E-state index in [1.807, 2.05) is 31.2 Å². The van der Waals surface area contributed by atoms with Crippen LogP contribution in [0, 0.1) is 6.92 Å². The fourth-order valence-electron chi connectivity index (χ4n) is 2.94. The Labute approximate surface area is 179 Å². The lowest BCUT2D eigenvalue weighted by atomic mass is 10.1. The van der Waals surface area contributed by atoms with Crippen LogP contribution < -0.4 is 20.5 Å². The lowest BCUT2D eigenvalue weighted by molar-refractivity contribution is 0.0953. The Morgan fingerprint density at radius 1 is 1.13 bits per heavy atom. The molecule has 0 spiro atoms. The minimum Gasteiger partial charge on any atom is -0.502 e. The summed E-state index contributed by atoms with van der Waals surface area (Å²) in [6.45, 7) is 2.35. The molecule has 2 aromatic carbocycles. The van der Waals surface area contributed by atoms with Crippen molar-refractivity contribution in [3.8, 4) is 17.2 Å². The van der Waals surface area contributed by atoms with E-state index < -0.39 is 11.5 Å². The molecule has 0 radical (unpaired) electrons. The average molecular weight is 421 g/mol. The second kappa shape index (κ2) is 9.62. The number of rotatable bonds is 7. The second-order valence-corrected chi connectivity index (χ2v) is 6.81. The van der Waals surface area contributed by atoms with Gasteiger partial charge in [-0.2, -0.15) is 5.10 Å². The Bertz CT molecular complexity index is 1140. The Balaban J connectivity index is 1.75. The van der Waals surface area contributed by atoms with Gasteiger partial charge in [0.25, 0.3) is 11.5 Å². The molecule has 1 heterocycles. The zero-order valence-electron chi connectivity index (χ0n) is 17.5. The molecule has 3 rings (SSSR count). The summed E-state index contributed by atoms with van der Waals surface area (Å²) in [7, 11) is 2.82. The highest BCUT2D eigenvalue weighted by molar-refractivity contribution is 5.94. The molecule has 1 amide bonds. The maximum Gasteiger partial charge on any atom is 0.276 e. The lowest BCUT2D eigenvalue weighted by Gasteiger charge is -2.09. The van der Waals surface area contributed by atoms with Crippen LogP contribution in [0.3, 0.4) is 0 Å². The predicted molar refractivity (Wildman–Crippen MR) is 117 cm³/mol. The molecule has 0 saturated carbocycles. The maximum absolute atomic E-state index is 12.7. The molecule has 2 N–H and O–H groups in total. The van der Waals surface area contributed by atoms with Crippen LogP contribution in [0.5, 0.6) is 17.2 Å². The van der Waals surface area contributed by atoms with Gasteiger partial charge in [0.05, 0.1) is 27.0 Å². The van der Waals surface area contributed by atoms with Gasteiger partial charge in [-0.3, -0.25) is 9.59 Å². The van der Waals surface area contributed by atoms with Crippen LogP contribution in [-0.4, -0.2) is 36.0 Å². The van der Waals surface area contributed by atoms with Crippen LogP contribution in [0.25, 0.3) is 0 Å². The number of amides is 1. The van der Waals surface area contributed by atoms with Gasteiger partial charge in [-0.05, 0) is 36.8 Å². The SMILES string of the molecule is COc1cc(/C=N\NC(=O)c2cccn(Cc3ccc(C)cc3)c2=O)cc(OC)c1O. The number of phenolic OH excluding ortho intramolecular Hbond substituents is 1. The van der Waals surface area contributed by atoms with Crippen molar-refractivity contribution in [2.75, 3.05) is 14.2 Å². The Morgan fingerprint density at radius 2 is 1.77 bits per heavy atom. The molecule has 0 aliphatic rings. The van der Waals surface area contributed by atoms with Gasteiger partial charge in [-0.1, -0.05) is 29.8 Å². The van der Waals surface area contributed by atoms with Crippen molar-refractivity contribution in [2.24, 2.45) is 5.10 Å². The molecule has 8 nitrogen and oxygen atoms in total. The third kappa shape index (κ3) is 5.11. The molecule has 0 aliphatic carbocycles. The van der Waals surface area contributed by atoms with Gasteiger partial charge in [-0.25, -0.2) is 5.43 Å². The van der Waals surface area contributed by atoms with Gasteiger partial charge in [0.1, 0.15) is 5.56 Å². The summed E-state index contributed by atoms with van der Waals surface area (Å²) in [6.07, 6.45) is 2.99. The topological polar surface area (TPSA) is 102 Å². The van der Waals surface area contributed by atoms with Crippen molar-refractivity contribution in [1.82, 2.24) is 9.99 Å². The normalized spacial score (nSPS) is 10.8. The van der Waals surface area contributed by atoms with E-state index >= 15 is 0 Å². The maximum atomic E-state index is 12.7. The summed E-state index contributed by atoms with van der Waals surface area (Å²) < 4.78 is 11.6. The van der Waals surface area contributed by atoms with Gasteiger partial charge in [-0.15, -0.1) is 0 Å². The number of hydrazone groups is 1. The quantitative estimate of drug-likeness (QED) is 0.451. The zero-order chi connectivity index (χ0) is 22.4. The summed E-state index contributed by atoms with van der Waals surface area (Å²) in [6, 6.07) is 14.0. The largest absolute Gasteiger partial charge is 0.502 e. The number of aromatic nitrogens is 1. The number of pyridine rings is 1. The molecule has 0 unspecified atom stereocenters. The van der Waals surface area contributed by atoms with Crippen molar-refractivity contribution in [1.29, 1.82) is 0 Å². The van der Waals surface area contributed by atoms with Crippen LogP contribution in [0.1, 0.15) is 27.0 Å². The molecule has 0 aliphatic heterocycles. The second-order valence-electron chi connectivity index (χ2n) is 6.81. The molecular weight excluding hydrogens is 398 g/mol. The molecule has 0 atom stereocenters. The van der Waals surface area contributed by atoms with Crippen LogP contribution in [-0.2, 0) is 6.54 Å². The van der Waals surface area contributed by atoms with Crippen molar-refractivity contribution < 1.29 is 19.4 Å². The number of phenols is 1. The fraction of sp³-hybridized carbons (Fsp3) is 0.174. The van der Waals surface area contributed by atoms with Crippen LogP contribution in [0.15, 0.2) is 64.6 Å². The third-order valence-electron chi connectivity index (χ3n) is 4.62. The van der Waals surface area contributed by atoms with E-state index in [9.17, 15) is 14.7 Å². The van der Waals surface area contributed by atoms with Gasteiger partial charge >= 0.3 is 0 Å². The van der Waals surface area contributed by atoms with E-state index in [0.717, 1.165) is 11.1 Å². The number of aromatic hydroxyl groups is 1. The van der Waals surface area contributed by atoms with E-state index in [4.69, 9.17) is 9.47 Å². The number of methoxy groups -OCH3 is 2. The van der Waals surface area contributed by atoms with Crippen molar-refractivity contribution in [3.05, 3.63) is 87.3 Å². The van der Waals surface area contributed by atoms with Crippen LogP contribution in [0.4, 0.5) is 0 Å². The van der Waals surface area contributed by atoms with Crippen molar-refractivity contribution in [2.45, 2.75) is 13.5 Å². The van der Waals surface area contributed by atoms with Crippen molar-refractivity contribution in [3.63, 3.8) is 0 Å². The van der Waals surface area contributed by atoms with E-state index in [1.54, 1.807) is 12.3 Å². The van der Waals surface area contributed by atoms with Gasteiger partial charge in [0, 0.05) is 11.8 Å². The highest BCUT2D eigenvalue weighted by Gasteiger charge is 2.13. The molecule has 8 heteroatoms. The minimum absolute atomic E-state index is 0.0207. The number of ether oxygens (including phenoxy) is 2. The number of benzene rings is 2. The molecule has 0 bridgehead atoms. The number of hydrogen-bond acceptors (Lipinski definition) is 6. The van der Waals surface area contributed by atoms with E-state index in [1.165, 1.54) is 43.2 Å². The van der Waals surface area contributed by atoms with Crippen molar-refractivity contribution >= 4 is 12.1 Å². The molecule has 0 saturated heterocycles. The Hall–Kier alpha value is -4.07. The standard InChI is InChI=1S/C23H23N3O5/c1-15-6-8-16(9-7-15)14-26-10-4-5-18(23(26)29)22(28)25-24-13-17-11-19(30-2)21(27)20(12-17)31-3/h4-13,27H,14H2,1-3H3,(H,25,28)/b24-13-. The number of nitrogens with zero attached hydrogens (tertiary/aromatic N) is 2. The van der Waals surface area contributed by atoms with E-state index in [2.05, 4.69) is 10.5 Å². The van der Waals surface area contributed by atoms with E-state index in [0.29, 0.717) is 12.1 Å². The minimum atomic E-state index is -0.628. The lowest BCUT2D eigenvalue weighted by Crippen LogP contribution is -2.30. The van der Waals surface area contributed by atoms with Gasteiger partial charge in [0.15, 0.2) is 11.5 Å². The smallest absolute Gasteiger partial charge is 0.276 e. The first-order chi connectivity index (χ1) is 14.9. The first-order valence-corrected chi connectivity index (χ1v) is 9.46. The molecule has 3 aromatic rings. The zero-order valence-corrected chi connectivity index (χ0v) is 17.5. The molecule has 0 fully saturated rings. The third-order valence-corrected chi connectivity index (χ3v) is 4.62. The number of hydrogen-bond donors (Lipinski definition) is 2. The summed E-state index contributed by atoms with van der Waals surface area (Å²) >= 11 is 0. The molecule has 160 valence electrons. The Kier molecular flexibility index (Phi) is 6.71. The highest BCUT2D eigenvalue weighted by Crippen LogP contribution is 2.36. The van der Waals surface area contributed by atoms with Gasteiger partial charge < -0.3 is 19.1 Å². The number of carbonyl (C=O) groups is 1. The number of carbonyl (C=O) groups excluding carboxylic acids is 1. The summed E-state index contributed by atoms with van der Waals surface area (Å²) in [5, 5.41) is 13.8. The fourth-order valence-corrected chi connectivity index (χ4v) is 2.94. The molecule has 1 aromatic heterocycles. The highest BCUT2D eigenvalue weighted by atomic mass is 16.5. The predicted octanol–water partition coefficient (Wildman–Crippen LogP) is 2.69. The first kappa shape index (κ1) is 21.6. The monoisotopic (exact) mass is 421 g/mol. The summed E-state index contributed by atoms with van der Waals surface area (Å²) in [4.78, 5) is 25.2. The van der Waals surface area contributed by atoms with Gasteiger partial charge in [0.2, 0.25) is 5.75 Å².